The summed E-state index contributed by atoms with van der Waals surface area (Å²) < 4.78 is 5.19. The van der Waals surface area contributed by atoms with Gasteiger partial charge in [-0.25, -0.2) is 4.79 Å². The average molecular weight is 414 g/mol. The molecule has 1 aromatic heterocycles. The van der Waals surface area contributed by atoms with E-state index in [0.29, 0.717) is 39.3 Å². The first-order valence-corrected chi connectivity index (χ1v) is 9.66. The van der Waals surface area contributed by atoms with Crippen LogP contribution >= 0.6 is 11.6 Å². The van der Waals surface area contributed by atoms with E-state index in [1.165, 1.54) is 4.80 Å². The van der Waals surface area contributed by atoms with Crippen molar-refractivity contribution in [1.29, 1.82) is 0 Å². The molecule has 1 N–H and O–H groups in total. The Balaban J connectivity index is 2.03. The highest BCUT2D eigenvalue weighted by molar-refractivity contribution is 6.31. The van der Waals surface area contributed by atoms with Crippen LogP contribution in [-0.4, -0.2) is 32.7 Å². The molecule has 0 radical (unpaired) electrons. The predicted molar refractivity (Wildman–Crippen MR) is 114 cm³/mol. The lowest BCUT2D eigenvalue weighted by molar-refractivity contribution is -0.138. The summed E-state index contributed by atoms with van der Waals surface area (Å²) in [6, 6.07) is 9.05. The van der Waals surface area contributed by atoms with Gasteiger partial charge >= 0.3 is 5.97 Å². The summed E-state index contributed by atoms with van der Waals surface area (Å²) in [5.41, 5.74) is 3.60. The van der Waals surface area contributed by atoms with E-state index >= 15 is 0 Å². The summed E-state index contributed by atoms with van der Waals surface area (Å²) in [5, 5.41) is 20.4. The summed E-state index contributed by atoms with van der Waals surface area (Å²) in [4.78, 5) is 13.1. The van der Waals surface area contributed by atoms with E-state index in [9.17, 15) is 9.90 Å². The molecule has 1 heterocycles. The van der Waals surface area contributed by atoms with Gasteiger partial charge in [0.2, 0.25) is 0 Å². The molecule has 7 heteroatoms. The lowest BCUT2D eigenvalue weighted by Crippen LogP contribution is -2.14. The topological polar surface area (TPSA) is 77.2 Å². The van der Waals surface area contributed by atoms with Crippen molar-refractivity contribution in [1.82, 2.24) is 15.0 Å². The maximum atomic E-state index is 11.6. The van der Waals surface area contributed by atoms with Crippen molar-refractivity contribution in [3.63, 3.8) is 0 Å². The minimum atomic E-state index is -0.450. The fraction of sp³-hybridized carbons (Fsp3) is 0.318. The van der Waals surface area contributed by atoms with Crippen LogP contribution in [0.3, 0.4) is 0 Å². The van der Waals surface area contributed by atoms with E-state index < -0.39 is 5.97 Å². The molecular weight excluding hydrogens is 390 g/mol. The lowest BCUT2D eigenvalue weighted by Gasteiger charge is -2.22. The normalized spacial score (nSPS) is 11.6. The Morgan fingerprint density at radius 2 is 1.90 bits per heavy atom. The van der Waals surface area contributed by atoms with Gasteiger partial charge in [0.25, 0.3) is 0 Å². The van der Waals surface area contributed by atoms with Crippen molar-refractivity contribution >= 4 is 28.6 Å². The molecule has 0 saturated heterocycles. The number of hydrogen-bond acceptors (Lipinski definition) is 5. The number of nitrogens with zero attached hydrogens (tertiary/aromatic N) is 3. The van der Waals surface area contributed by atoms with E-state index in [4.69, 9.17) is 16.3 Å². The molecule has 0 aliphatic carbocycles. The van der Waals surface area contributed by atoms with Crippen LogP contribution in [0.25, 0.3) is 16.7 Å². The summed E-state index contributed by atoms with van der Waals surface area (Å²) in [7, 11) is 0. The summed E-state index contributed by atoms with van der Waals surface area (Å²) >= 11 is 6.05. The molecule has 2 aromatic carbocycles. The number of carbonyl (C=O) groups excluding carboxylic acids is 1. The van der Waals surface area contributed by atoms with Crippen molar-refractivity contribution < 1.29 is 14.6 Å². The fourth-order valence-corrected chi connectivity index (χ4v) is 2.99. The molecule has 0 aliphatic rings. The number of fused-ring (bicyclic) bond motifs is 1. The second-order valence-electron chi connectivity index (χ2n) is 8.04. The molecule has 0 saturated carbocycles. The van der Waals surface area contributed by atoms with Gasteiger partial charge in [-0.15, -0.1) is 15.0 Å². The quantitative estimate of drug-likeness (QED) is 0.483. The Hall–Kier alpha value is -2.86. The number of phenolic OH excluding ortho intramolecular Hbond substituents is 1. The van der Waals surface area contributed by atoms with E-state index in [1.54, 1.807) is 25.1 Å². The zero-order valence-electron chi connectivity index (χ0n) is 17.0. The van der Waals surface area contributed by atoms with Gasteiger partial charge in [0.1, 0.15) is 22.5 Å². The van der Waals surface area contributed by atoms with Crippen LogP contribution in [0.2, 0.25) is 5.02 Å². The zero-order valence-corrected chi connectivity index (χ0v) is 17.7. The zero-order chi connectivity index (χ0) is 21.3. The molecule has 0 spiro atoms. The Labute approximate surface area is 174 Å². The third-order valence-electron chi connectivity index (χ3n) is 4.55. The van der Waals surface area contributed by atoms with Crippen molar-refractivity contribution in [2.75, 3.05) is 6.61 Å². The van der Waals surface area contributed by atoms with Gasteiger partial charge in [0.15, 0.2) is 0 Å². The average Bonchev–Trinajstić information content (AvgIpc) is 3.04. The van der Waals surface area contributed by atoms with E-state index in [2.05, 4.69) is 37.5 Å². The summed E-state index contributed by atoms with van der Waals surface area (Å²) in [5.74, 6) is -0.399. The van der Waals surface area contributed by atoms with E-state index in [1.807, 2.05) is 12.1 Å². The van der Waals surface area contributed by atoms with E-state index in [0.717, 1.165) is 5.56 Å². The first kappa shape index (κ1) is 20.9. The maximum Gasteiger partial charge on any atom is 0.333 e. The first-order chi connectivity index (χ1) is 13.6. The molecule has 6 nitrogen and oxygen atoms in total. The molecule has 0 atom stereocenters. The van der Waals surface area contributed by atoms with Gasteiger partial charge in [-0.1, -0.05) is 45.0 Å². The molecule has 0 aliphatic heterocycles. The van der Waals surface area contributed by atoms with Gasteiger partial charge in [-0.05, 0) is 47.7 Å². The van der Waals surface area contributed by atoms with Crippen molar-refractivity contribution in [3.05, 3.63) is 58.6 Å². The Morgan fingerprint density at radius 3 is 2.55 bits per heavy atom. The number of ether oxygens (including phenoxy) is 1. The molecule has 152 valence electrons. The lowest BCUT2D eigenvalue weighted by atomic mass is 9.85. The smallest absolute Gasteiger partial charge is 0.333 e. The maximum absolute atomic E-state index is 11.6. The number of aromatic hydroxyl groups is 1. The van der Waals surface area contributed by atoms with Gasteiger partial charge in [-0.3, -0.25) is 0 Å². The highest BCUT2D eigenvalue weighted by atomic mass is 35.5. The fourth-order valence-electron chi connectivity index (χ4n) is 2.83. The standard InChI is InChI=1S/C22H24ClN3O3/c1-13(2)21(28)29-9-8-14-10-15(22(3,4)5)11-19(20(14)27)26-24-17-7-6-16(23)12-18(17)25-26/h6-7,10-12,27H,1,8-9H2,2-5H3. The van der Waals surface area contributed by atoms with Crippen molar-refractivity contribution in [2.24, 2.45) is 0 Å². The highest BCUT2D eigenvalue weighted by Crippen LogP contribution is 2.33. The third kappa shape index (κ3) is 4.59. The van der Waals surface area contributed by atoms with Crippen LogP contribution < -0.4 is 0 Å². The number of hydrogen-bond donors (Lipinski definition) is 1. The first-order valence-electron chi connectivity index (χ1n) is 9.28. The van der Waals surface area contributed by atoms with Crippen LogP contribution in [0.5, 0.6) is 5.75 Å². The molecule has 0 fully saturated rings. The number of aromatic nitrogens is 3. The molecule has 3 aromatic rings. The van der Waals surface area contributed by atoms with Crippen LogP contribution in [0.1, 0.15) is 38.8 Å². The van der Waals surface area contributed by atoms with Gasteiger partial charge in [0, 0.05) is 17.0 Å². The number of halogens is 1. The van der Waals surface area contributed by atoms with Crippen molar-refractivity contribution in [3.8, 4) is 11.4 Å². The van der Waals surface area contributed by atoms with Gasteiger partial charge in [0.05, 0.1) is 6.61 Å². The monoisotopic (exact) mass is 413 g/mol. The Bertz CT molecular complexity index is 1100. The molecule has 0 amide bonds. The predicted octanol–water partition coefficient (Wildman–Crippen LogP) is 4.74. The van der Waals surface area contributed by atoms with E-state index in [-0.39, 0.29) is 17.8 Å². The van der Waals surface area contributed by atoms with Crippen LogP contribution in [-0.2, 0) is 21.4 Å². The van der Waals surface area contributed by atoms with Crippen LogP contribution in [0.4, 0.5) is 0 Å². The molecule has 29 heavy (non-hydrogen) atoms. The SMILES string of the molecule is C=C(C)C(=O)OCCc1cc(C(C)(C)C)cc(-n2nc3ccc(Cl)cc3n2)c1O. The third-order valence-corrected chi connectivity index (χ3v) is 4.78. The number of phenols is 1. The van der Waals surface area contributed by atoms with Gasteiger partial charge < -0.3 is 9.84 Å². The number of esters is 1. The van der Waals surface area contributed by atoms with Crippen LogP contribution in [0.15, 0.2) is 42.5 Å². The summed E-state index contributed by atoms with van der Waals surface area (Å²) in [6.07, 6.45) is 0.356. The Morgan fingerprint density at radius 1 is 1.21 bits per heavy atom. The van der Waals surface area contributed by atoms with Crippen molar-refractivity contribution in [2.45, 2.75) is 39.5 Å². The molecular formula is C22H24ClN3O3. The minimum Gasteiger partial charge on any atom is -0.505 e. The highest BCUT2D eigenvalue weighted by Gasteiger charge is 2.21. The second kappa shape index (κ2) is 7.87. The number of rotatable bonds is 5. The largest absolute Gasteiger partial charge is 0.505 e. The Kier molecular flexibility index (Phi) is 5.66. The number of carbonyl (C=O) groups is 1. The molecule has 0 bridgehead atoms. The minimum absolute atomic E-state index is 0.0516. The molecule has 3 rings (SSSR count). The van der Waals surface area contributed by atoms with Gasteiger partial charge in [-0.2, -0.15) is 0 Å². The van der Waals surface area contributed by atoms with Crippen LogP contribution in [0, 0.1) is 0 Å². The molecule has 0 unspecified atom stereocenters. The summed E-state index contributed by atoms with van der Waals surface area (Å²) in [6.45, 7) is 11.6. The number of benzene rings is 2. The second-order valence-corrected chi connectivity index (χ2v) is 8.48.